The normalized spacial score (nSPS) is 11.4. The van der Waals surface area contributed by atoms with E-state index in [1.807, 2.05) is 0 Å². The van der Waals surface area contributed by atoms with E-state index in [1.54, 1.807) is 0 Å². The maximum atomic E-state index is 13.3. The van der Waals surface area contributed by atoms with Crippen LogP contribution < -0.4 is 49.7 Å². The van der Waals surface area contributed by atoms with Gasteiger partial charge in [0.1, 0.15) is 19.6 Å². The molecular formula is C29H28N18O9. The Bertz CT molecular complexity index is 3050. The minimum atomic E-state index is -0.809. The van der Waals surface area contributed by atoms with Crippen molar-refractivity contribution in [1.82, 2.24) is 71.4 Å². The molecule has 7 aromatic rings. The third-order valence-corrected chi connectivity index (χ3v) is 8.64. The van der Waals surface area contributed by atoms with Crippen LogP contribution in [0, 0.1) is 0 Å². The minimum Gasteiger partial charge on any atom is -0.315 e. The number of nitrogens with one attached hydrogen (secondary N) is 4. The van der Waals surface area contributed by atoms with Crippen molar-refractivity contribution in [1.29, 1.82) is 0 Å². The maximum absolute atomic E-state index is 13.3. The highest BCUT2D eigenvalue weighted by Crippen LogP contribution is 2.13. The summed E-state index contributed by atoms with van der Waals surface area (Å²) >= 11 is 0. The molecule has 0 saturated heterocycles. The van der Waals surface area contributed by atoms with Crippen LogP contribution in [0.3, 0.4) is 0 Å². The van der Waals surface area contributed by atoms with E-state index in [0.29, 0.717) is 0 Å². The quantitative estimate of drug-likeness (QED) is 0.107. The Hall–Kier alpha value is -8.13. The lowest BCUT2D eigenvalue weighted by molar-refractivity contribution is -0.117. The van der Waals surface area contributed by atoms with Gasteiger partial charge in [-0.2, -0.15) is 15.0 Å². The van der Waals surface area contributed by atoms with Crippen molar-refractivity contribution in [2.45, 2.75) is 19.6 Å². The summed E-state index contributed by atoms with van der Waals surface area (Å²) < 4.78 is 8.61. The number of H-pyrrole nitrogens is 1. The van der Waals surface area contributed by atoms with Crippen molar-refractivity contribution in [3.63, 3.8) is 0 Å². The summed E-state index contributed by atoms with van der Waals surface area (Å²) in [5.41, 5.74) is -4.27. The second-order valence-corrected chi connectivity index (χ2v) is 12.3. The molecule has 0 spiro atoms. The number of carbonyl (C=O) groups excluding carboxylic acids is 3. The first-order valence-electron chi connectivity index (χ1n) is 16.1. The van der Waals surface area contributed by atoms with Gasteiger partial charge in [0.25, 0.3) is 16.7 Å². The number of aromatic amines is 1. The van der Waals surface area contributed by atoms with Crippen molar-refractivity contribution in [3.05, 3.63) is 81.5 Å². The molecule has 27 nitrogen and oxygen atoms in total. The fourth-order valence-electron chi connectivity index (χ4n) is 5.84. The van der Waals surface area contributed by atoms with Crippen LogP contribution in [-0.4, -0.2) is 89.1 Å². The van der Waals surface area contributed by atoms with Gasteiger partial charge in [-0.15, -0.1) is 0 Å². The number of aryl methyl sites for hydroxylation is 3. The van der Waals surface area contributed by atoms with E-state index in [2.05, 4.69) is 50.8 Å². The molecule has 7 aromatic heterocycles. The van der Waals surface area contributed by atoms with Crippen LogP contribution in [-0.2, 0) is 69.3 Å². The largest absolute Gasteiger partial charge is 0.332 e. The summed E-state index contributed by atoms with van der Waals surface area (Å²) in [4.78, 5) is 141. The molecule has 56 heavy (non-hydrogen) atoms. The molecule has 0 aliphatic rings. The van der Waals surface area contributed by atoms with E-state index >= 15 is 0 Å². The second kappa shape index (κ2) is 13.4. The Morgan fingerprint density at radius 2 is 0.857 bits per heavy atom. The number of hydrogen-bond donors (Lipinski definition) is 4. The van der Waals surface area contributed by atoms with Gasteiger partial charge in [-0.3, -0.25) is 72.5 Å². The van der Waals surface area contributed by atoms with Gasteiger partial charge in [-0.1, -0.05) is 0 Å². The number of imidazole rings is 3. The van der Waals surface area contributed by atoms with Crippen LogP contribution in [0.15, 0.2) is 47.7 Å². The lowest BCUT2D eigenvalue weighted by Crippen LogP contribution is -2.38. The molecule has 0 bridgehead atoms. The first kappa shape index (κ1) is 36.2. The average molecular weight is 773 g/mol. The average Bonchev–Trinajstić information content (AvgIpc) is 3.88. The topological polar surface area (TPSA) is 322 Å². The van der Waals surface area contributed by atoms with Crippen LogP contribution in [0.4, 0.5) is 17.8 Å². The summed E-state index contributed by atoms with van der Waals surface area (Å²) in [5.74, 6) is -3.84. The molecule has 0 aliphatic carbocycles. The Balaban J connectivity index is 1.18. The Labute approximate surface area is 307 Å². The molecule has 7 rings (SSSR count). The molecule has 0 aromatic carbocycles. The zero-order chi connectivity index (χ0) is 40.3. The summed E-state index contributed by atoms with van der Waals surface area (Å²) in [7, 11) is 6.73. The van der Waals surface area contributed by atoms with E-state index in [1.165, 1.54) is 67.9 Å². The first-order valence-corrected chi connectivity index (χ1v) is 16.1. The zero-order valence-electron chi connectivity index (χ0n) is 29.8. The van der Waals surface area contributed by atoms with Crippen LogP contribution in [0.1, 0.15) is 0 Å². The van der Waals surface area contributed by atoms with Crippen molar-refractivity contribution in [2.75, 3.05) is 16.0 Å². The van der Waals surface area contributed by atoms with E-state index in [4.69, 9.17) is 0 Å². The van der Waals surface area contributed by atoms with Crippen LogP contribution in [0.25, 0.3) is 33.5 Å². The van der Waals surface area contributed by atoms with Crippen molar-refractivity contribution < 1.29 is 14.4 Å². The number of amides is 3. The van der Waals surface area contributed by atoms with Gasteiger partial charge in [-0.25, -0.2) is 29.3 Å². The maximum Gasteiger partial charge on any atom is 0.332 e. The predicted octanol–water partition coefficient (Wildman–Crippen LogP) is -4.98. The van der Waals surface area contributed by atoms with Gasteiger partial charge in [0.2, 0.25) is 35.6 Å². The lowest BCUT2D eigenvalue weighted by Gasteiger charge is -2.11. The van der Waals surface area contributed by atoms with Gasteiger partial charge in [0.15, 0.2) is 33.5 Å². The molecule has 0 unspecified atom stereocenters. The van der Waals surface area contributed by atoms with Crippen molar-refractivity contribution in [2.24, 2.45) is 35.2 Å². The third kappa shape index (κ3) is 6.12. The molecule has 0 saturated carbocycles. The van der Waals surface area contributed by atoms with Gasteiger partial charge in [0.05, 0.1) is 19.0 Å². The van der Waals surface area contributed by atoms with E-state index in [9.17, 15) is 43.2 Å². The Morgan fingerprint density at radius 1 is 0.518 bits per heavy atom. The second-order valence-electron chi connectivity index (χ2n) is 12.3. The molecular weight excluding hydrogens is 744 g/mol. The van der Waals surface area contributed by atoms with Crippen LogP contribution >= 0.6 is 0 Å². The molecule has 0 radical (unpaired) electrons. The predicted molar refractivity (Wildman–Crippen MR) is 192 cm³/mol. The number of nitrogens with zero attached hydrogens (tertiary/aromatic N) is 14. The van der Waals surface area contributed by atoms with E-state index in [0.717, 1.165) is 22.8 Å². The van der Waals surface area contributed by atoms with Crippen molar-refractivity contribution >= 4 is 69.1 Å². The van der Waals surface area contributed by atoms with Gasteiger partial charge in [-0.05, 0) is 0 Å². The standard InChI is InChI=1S/C29H28N18O9/c1-40-18-15(21(51)36-27(40)54)45(9-30-18)6-12(48)33-24-37-25(34-13(49)7-46-10-31-19-16(46)22(52)43(4)28(55)41(19)2)39-26(38-24)35-14(50)8-47-11-32-20-17(47)23(53)44(5)29(56)42(20)3/h9-11H,6-8H2,1-5H3,(H,36,51,54)(H3,33,34,35,37,38,39,48,49,50). The molecule has 288 valence electrons. The highest BCUT2D eigenvalue weighted by molar-refractivity contribution is 5.93. The summed E-state index contributed by atoms with van der Waals surface area (Å²) in [6, 6.07) is 0. The van der Waals surface area contributed by atoms with E-state index < -0.39 is 88.9 Å². The SMILES string of the molecule is Cn1c(=O)c2c(ncn2CC(=O)Nc2nc(NC(=O)Cn3cnc4c3c(=O)[nH]c(=O)n4C)nc(NC(=O)Cn3cnc4c3c(=O)n(C)c(=O)n4C)n2)n(C)c1=O. The minimum absolute atomic E-state index is 0.0122. The van der Waals surface area contributed by atoms with E-state index in [-0.39, 0.29) is 33.5 Å². The summed E-state index contributed by atoms with van der Waals surface area (Å²) in [6.45, 7) is -1.56. The highest BCUT2D eigenvalue weighted by Gasteiger charge is 2.21. The zero-order valence-corrected chi connectivity index (χ0v) is 29.8. The molecule has 3 amide bonds. The number of rotatable bonds is 9. The smallest absolute Gasteiger partial charge is 0.315 e. The molecule has 0 atom stereocenters. The highest BCUT2D eigenvalue weighted by atomic mass is 16.2. The monoisotopic (exact) mass is 772 g/mol. The van der Waals surface area contributed by atoms with Gasteiger partial charge < -0.3 is 13.7 Å². The molecule has 27 heteroatoms. The number of carbonyl (C=O) groups is 3. The molecule has 7 heterocycles. The summed E-state index contributed by atoms with van der Waals surface area (Å²) in [5, 5.41) is 7.19. The Kier molecular flexibility index (Phi) is 8.65. The number of anilines is 3. The van der Waals surface area contributed by atoms with Crippen molar-refractivity contribution in [3.8, 4) is 0 Å². The van der Waals surface area contributed by atoms with Crippen LogP contribution in [0.5, 0.6) is 0 Å². The van der Waals surface area contributed by atoms with Gasteiger partial charge in [0, 0.05) is 35.2 Å². The Morgan fingerprint density at radius 3 is 1.23 bits per heavy atom. The summed E-state index contributed by atoms with van der Waals surface area (Å²) in [6.07, 6.45) is 3.53. The number of fused-ring (bicyclic) bond motifs is 3. The first-order chi connectivity index (χ1) is 26.5. The molecule has 0 aliphatic heterocycles. The molecule has 0 fully saturated rings. The fourth-order valence-corrected chi connectivity index (χ4v) is 5.84. The number of hydrogen-bond acceptors (Lipinski definition) is 15. The third-order valence-electron chi connectivity index (χ3n) is 8.64. The van der Waals surface area contributed by atoms with Gasteiger partial charge >= 0.3 is 17.1 Å². The fraction of sp³-hybridized carbons (Fsp3) is 0.276. The van der Waals surface area contributed by atoms with Crippen LogP contribution in [0.2, 0.25) is 0 Å². The lowest BCUT2D eigenvalue weighted by atomic mass is 10.4. The molecule has 4 N–H and O–H groups in total. The number of aromatic nitrogens is 15.